The van der Waals surface area contributed by atoms with Gasteiger partial charge in [0.15, 0.2) is 5.78 Å². The predicted octanol–water partition coefficient (Wildman–Crippen LogP) is 2.77. The van der Waals surface area contributed by atoms with Crippen LogP contribution in [0.15, 0.2) is 36.9 Å². The summed E-state index contributed by atoms with van der Waals surface area (Å²) >= 11 is 2.22. The van der Waals surface area contributed by atoms with Crippen molar-refractivity contribution in [3.8, 4) is 0 Å². The Hall–Kier alpha value is -1.17. The monoisotopic (exact) mass is 358 g/mol. The second-order valence-corrected chi connectivity index (χ2v) is 5.05. The fraction of sp³-hybridized carbons (Fsp3) is 0.286. The van der Waals surface area contributed by atoms with Gasteiger partial charge in [0, 0.05) is 9.99 Å². The Morgan fingerprint density at radius 2 is 2.11 bits per heavy atom. The van der Waals surface area contributed by atoms with E-state index in [4.69, 9.17) is 4.74 Å². The molecule has 18 heavy (non-hydrogen) atoms. The first-order valence-electron chi connectivity index (χ1n) is 5.55. The fourth-order valence-electron chi connectivity index (χ4n) is 1.66. The molecule has 1 aromatic rings. The topological polar surface area (TPSA) is 43.4 Å². The number of halogens is 1. The van der Waals surface area contributed by atoms with Gasteiger partial charge in [0.1, 0.15) is 0 Å². The molecule has 0 spiro atoms. The molecule has 0 fully saturated rings. The first-order chi connectivity index (χ1) is 8.58. The van der Waals surface area contributed by atoms with Crippen LogP contribution in [0.2, 0.25) is 0 Å². The molecule has 3 nitrogen and oxygen atoms in total. The Balaban J connectivity index is 2.85. The normalized spacial score (nSPS) is 11.7. The number of methoxy groups -OCH3 is 1. The summed E-state index contributed by atoms with van der Waals surface area (Å²) in [4.78, 5) is 23.1. The van der Waals surface area contributed by atoms with Crippen LogP contribution >= 0.6 is 22.6 Å². The van der Waals surface area contributed by atoms with Gasteiger partial charge in [-0.05, 0) is 46.7 Å². The molecular weight excluding hydrogens is 343 g/mol. The van der Waals surface area contributed by atoms with E-state index in [1.807, 2.05) is 24.3 Å². The Labute approximate surface area is 120 Å². The molecule has 1 atom stereocenters. The first kappa shape index (κ1) is 14.9. The van der Waals surface area contributed by atoms with Crippen molar-refractivity contribution in [3.05, 3.63) is 46.1 Å². The van der Waals surface area contributed by atoms with E-state index in [0.717, 1.165) is 9.13 Å². The van der Waals surface area contributed by atoms with E-state index in [9.17, 15) is 9.59 Å². The largest absolute Gasteiger partial charge is 0.469 e. The van der Waals surface area contributed by atoms with E-state index in [1.54, 1.807) is 0 Å². The van der Waals surface area contributed by atoms with Crippen LogP contribution in [0, 0.1) is 9.49 Å². The van der Waals surface area contributed by atoms with Crippen molar-refractivity contribution in [2.75, 3.05) is 7.11 Å². The maximum absolute atomic E-state index is 11.7. The summed E-state index contributed by atoms with van der Waals surface area (Å²) in [6.07, 6.45) is 1.89. The first-order valence-corrected chi connectivity index (χ1v) is 6.62. The number of carbonyl (C=O) groups excluding carboxylic acids is 2. The highest BCUT2D eigenvalue weighted by Crippen LogP contribution is 2.19. The third-order valence-corrected chi connectivity index (χ3v) is 3.69. The quantitative estimate of drug-likeness (QED) is 0.446. The molecule has 1 unspecified atom stereocenters. The highest BCUT2D eigenvalue weighted by molar-refractivity contribution is 14.1. The molecule has 0 N–H and O–H groups in total. The van der Waals surface area contributed by atoms with Gasteiger partial charge in [-0.15, -0.1) is 0 Å². The average Bonchev–Trinajstić information content (AvgIpc) is 2.39. The van der Waals surface area contributed by atoms with Gasteiger partial charge in [-0.25, -0.2) is 0 Å². The third kappa shape index (κ3) is 4.25. The number of hydrogen-bond donors (Lipinski definition) is 0. The van der Waals surface area contributed by atoms with Crippen LogP contribution in [0.25, 0.3) is 0 Å². The third-order valence-electron chi connectivity index (χ3n) is 2.63. The molecule has 0 aliphatic heterocycles. The van der Waals surface area contributed by atoms with Crippen LogP contribution in [-0.4, -0.2) is 18.9 Å². The Morgan fingerprint density at radius 1 is 1.44 bits per heavy atom. The van der Waals surface area contributed by atoms with Gasteiger partial charge in [0.2, 0.25) is 0 Å². The zero-order valence-electron chi connectivity index (χ0n) is 10.2. The minimum Gasteiger partial charge on any atom is -0.469 e. The number of esters is 1. The fourth-order valence-corrected chi connectivity index (χ4v) is 2.27. The highest BCUT2D eigenvalue weighted by atomic mass is 127. The van der Waals surface area contributed by atoms with Crippen molar-refractivity contribution in [1.29, 1.82) is 0 Å². The number of allylic oxidation sites excluding steroid dienone is 1. The zero-order valence-corrected chi connectivity index (χ0v) is 12.3. The van der Waals surface area contributed by atoms with Crippen molar-refractivity contribution in [1.82, 2.24) is 0 Å². The van der Waals surface area contributed by atoms with Crippen LogP contribution in [0.3, 0.4) is 0 Å². The standard InChI is InChI=1S/C14H15IO3/c1-3-12(16)9-11(14(17)18-2)8-10-6-4-5-7-13(10)15/h3-7,11H,1,8-9H2,2H3. The molecule has 1 aromatic carbocycles. The van der Waals surface area contributed by atoms with E-state index < -0.39 is 5.92 Å². The van der Waals surface area contributed by atoms with Gasteiger partial charge in [-0.3, -0.25) is 9.59 Å². The van der Waals surface area contributed by atoms with Gasteiger partial charge >= 0.3 is 5.97 Å². The van der Waals surface area contributed by atoms with Crippen LogP contribution in [0.4, 0.5) is 0 Å². The Morgan fingerprint density at radius 3 is 2.67 bits per heavy atom. The lowest BCUT2D eigenvalue weighted by molar-refractivity contribution is -0.146. The lowest BCUT2D eigenvalue weighted by atomic mass is 9.94. The summed E-state index contributed by atoms with van der Waals surface area (Å²) in [5, 5.41) is 0. The number of ether oxygens (including phenoxy) is 1. The molecule has 0 aliphatic rings. The molecule has 0 heterocycles. The summed E-state index contributed by atoms with van der Waals surface area (Å²) < 4.78 is 5.82. The Kier molecular flexibility index (Phi) is 6.04. The summed E-state index contributed by atoms with van der Waals surface area (Å²) in [5.74, 6) is -0.947. The maximum Gasteiger partial charge on any atom is 0.309 e. The summed E-state index contributed by atoms with van der Waals surface area (Å²) in [5.41, 5.74) is 1.05. The molecule has 0 saturated carbocycles. The second kappa shape index (κ2) is 7.31. The van der Waals surface area contributed by atoms with E-state index in [1.165, 1.54) is 13.2 Å². The van der Waals surface area contributed by atoms with Gasteiger partial charge < -0.3 is 4.74 Å². The van der Waals surface area contributed by atoms with Crippen LogP contribution in [-0.2, 0) is 20.7 Å². The lowest BCUT2D eigenvalue weighted by Gasteiger charge is -2.14. The van der Waals surface area contributed by atoms with Crippen molar-refractivity contribution in [3.63, 3.8) is 0 Å². The molecule has 96 valence electrons. The number of hydrogen-bond acceptors (Lipinski definition) is 3. The Bertz CT molecular complexity index is 454. The van der Waals surface area contributed by atoms with Crippen molar-refractivity contribution < 1.29 is 14.3 Å². The molecule has 0 bridgehead atoms. The van der Waals surface area contributed by atoms with Crippen molar-refractivity contribution in [2.24, 2.45) is 5.92 Å². The van der Waals surface area contributed by atoms with Crippen molar-refractivity contribution >= 4 is 34.3 Å². The van der Waals surface area contributed by atoms with Crippen molar-refractivity contribution in [2.45, 2.75) is 12.8 Å². The van der Waals surface area contributed by atoms with E-state index in [0.29, 0.717) is 6.42 Å². The number of rotatable bonds is 6. The molecule has 0 aliphatic carbocycles. The molecule has 0 amide bonds. The van der Waals surface area contributed by atoms with Gasteiger partial charge in [-0.1, -0.05) is 24.8 Å². The summed E-state index contributed by atoms with van der Waals surface area (Å²) in [6.45, 7) is 3.42. The second-order valence-electron chi connectivity index (χ2n) is 3.89. The molecule has 0 radical (unpaired) electrons. The minimum atomic E-state index is -0.448. The number of carbonyl (C=O) groups is 2. The van der Waals surface area contributed by atoms with E-state index in [-0.39, 0.29) is 18.2 Å². The van der Waals surface area contributed by atoms with Gasteiger partial charge in [0.25, 0.3) is 0 Å². The van der Waals surface area contributed by atoms with Gasteiger partial charge in [-0.2, -0.15) is 0 Å². The molecule has 0 aromatic heterocycles. The average molecular weight is 358 g/mol. The number of benzene rings is 1. The molecular formula is C14H15IO3. The number of ketones is 1. The molecule has 1 rings (SSSR count). The van der Waals surface area contributed by atoms with Gasteiger partial charge in [0.05, 0.1) is 13.0 Å². The van der Waals surface area contributed by atoms with Crippen LogP contribution in [0.1, 0.15) is 12.0 Å². The summed E-state index contributed by atoms with van der Waals surface area (Å²) in [7, 11) is 1.34. The smallest absolute Gasteiger partial charge is 0.309 e. The predicted molar refractivity (Wildman–Crippen MR) is 78.2 cm³/mol. The van der Waals surface area contributed by atoms with Crippen LogP contribution in [0.5, 0.6) is 0 Å². The highest BCUT2D eigenvalue weighted by Gasteiger charge is 2.22. The minimum absolute atomic E-state index is 0.140. The molecule has 4 heteroatoms. The van der Waals surface area contributed by atoms with E-state index in [2.05, 4.69) is 29.2 Å². The zero-order chi connectivity index (χ0) is 13.5. The lowest BCUT2D eigenvalue weighted by Crippen LogP contribution is -2.21. The van der Waals surface area contributed by atoms with E-state index >= 15 is 0 Å². The van der Waals surface area contributed by atoms with Crippen LogP contribution < -0.4 is 0 Å². The SMILES string of the molecule is C=CC(=O)CC(Cc1ccccc1I)C(=O)OC. The molecule has 0 saturated heterocycles. The maximum atomic E-state index is 11.7. The summed E-state index contributed by atoms with van der Waals surface area (Å²) in [6, 6.07) is 7.78.